The highest BCUT2D eigenvalue weighted by Gasteiger charge is 2.06. The predicted octanol–water partition coefficient (Wildman–Crippen LogP) is 1.64. The third-order valence-corrected chi connectivity index (χ3v) is 5.73. The minimum absolute atomic E-state index is 0.176. The number of aromatic nitrogens is 2. The predicted molar refractivity (Wildman–Crippen MR) is 166 cm³/mol. The monoisotopic (exact) mass is 668 g/mol. The van der Waals surface area contributed by atoms with Crippen molar-refractivity contribution in [3.05, 3.63) is 60.2 Å². The van der Waals surface area contributed by atoms with Crippen LogP contribution in [0, 0.1) is 0 Å². The molecule has 0 atom stereocenters. The summed E-state index contributed by atoms with van der Waals surface area (Å²) in [5, 5.41) is 0. The van der Waals surface area contributed by atoms with E-state index in [2.05, 4.69) is 9.97 Å². The van der Waals surface area contributed by atoms with E-state index in [1.54, 1.807) is 24.3 Å². The summed E-state index contributed by atoms with van der Waals surface area (Å²) in [5.74, 6) is -0.802. The lowest BCUT2D eigenvalue weighted by Gasteiger charge is -2.09. The van der Waals surface area contributed by atoms with Gasteiger partial charge in [0, 0.05) is 24.8 Å². The smallest absolute Gasteiger partial charge is 0.338 e. The van der Waals surface area contributed by atoms with Crippen molar-refractivity contribution in [2.75, 3.05) is 132 Å². The van der Waals surface area contributed by atoms with Gasteiger partial charge in [0.15, 0.2) is 0 Å². The largest absolute Gasteiger partial charge is 0.460 e. The molecule has 0 bridgehead atoms. The normalized spacial score (nSPS) is 11.1. The third-order valence-electron chi connectivity index (χ3n) is 5.73. The van der Waals surface area contributed by atoms with E-state index in [1.807, 2.05) is 0 Å². The summed E-state index contributed by atoms with van der Waals surface area (Å²) in [7, 11) is 0. The van der Waals surface area contributed by atoms with Crippen molar-refractivity contribution in [1.29, 1.82) is 0 Å². The molecule has 0 aliphatic heterocycles. The Morgan fingerprint density at radius 3 is 0.745 bits per heavy atom. The Morgan fingerprint density at radius 1 is 0.340 bits per heavy atom. The Hall–Kier alpha value is -3.12. The van der Waals surface area contributed by atoms with Crippen LogP contribution >= 0.6 is 0 Å². The van der Waals surface area contributed by atoms with Crippen LogP contribution in [-0.2, 0) is 52.1 Å². The van der Waals surface area contributed by atoms with Gasteiger partial charge in [-0.2, -0.15) is 0 Å². The molecule has 0 spiro atoms. The number of carbonyl (C=O) groups excluding carboxylic acids is 2. The van der Waals surface area contributed by atoms with E-state index in [1.165, 1.54) is 24.8 Å². The van der Waals surface area contributed by atoms with Crippen molar-refractivity contribution in [2.45, 2.75) is 0 Å². The van der Waals surface area contributed by atoms with E-state index >= 15 is 0 Å². The fourth-order valence-electron chi connectivity index (χ4n) is 3.39. The van der Waals surface area contributed by atoms with Crippen LogP contribution in [0.1, 0.15) is 20.7 Å². The highest BCUT2D eigenvalue weighted by molar-refractivity contribution is 5.89. The van der Waals surface area contributed by atoms with Crippen LogP contribution < -0.4 is 0 Å². The van der Waals surface area contributed by atoms with Gasteiger partial charge < -0.3 is 52.1 Å². The van der Waals surface area contributed by atoms with Crippen molar-refractivity contribution >= 4 is 11.9 Å². The van der Waals surface area contributed by atoms with E-state index in [4.69, 9.17) is 52.1 Å². The molecule has 0 fully saturated rings. The molecule has 0 saturated heterocycles. The Labute approximate surface area is 276 Å². The molecule has 2 aromatic rings. The van der Waals surface area contributed by atoms with E-state index in [0.717, 1.165) is 0 Å². The molecule has 0 unspecified atom stereocenters. The van der Waals surface area contributed by atoms with Crippen molar-refractivity contribution in [1.82, 2.24) is 9.97 Å². The van der Waals surface area contributed by atoms with Gasteiger partial charge in [-0.1, -0.05) is 0 Å². The van der Waals surface area contributed by atoms with Crippen molar-refractivity contribution in [2.24, 2.45) is 0 Å². The summed E-state index contributed by atoms with van der Waals surface area (Å²) < 4.78 is 59.1. The molecule has 0 N–H and O–H groups in total. The first kappa shape index (κ1) is 40.1. The summed E-state index contributed by atoms with van der Waals surface area (Å²) in [4.78, 5) is 31.2. The van der Waals surface area contributed by atoms with Crippen LogP contribution in [0.15, 0.2) is 49.1 Å². The van der Waals surface area contributed by atoms with Crippen LogP contribution in [0.25, 0.3) is 0 Å². The summed E-state index contributed by atoms with van der Waals surface area (Å²) in [6.45, 7) is 8.23. The number of rotatable bonds is 32. The quantitative estimate of drug-likeness (QED) is 0.0817. The maximum atomic E-state index is 11.8. The summed E-state index contributed by atoms with van der Waals surface area (Å²) >= 11 is 0. The Kier molecular flexibility index (Phi) is 25.8. The number of hydrogen-bond donors (Lipinski definition) is 0. The Morgan fingerprint density at radius 2 is 0.532 bits per heavy atom. The molecule has 2 heterocycles. The third kappa shape index (κ3) is 23.8. The molecule has 15 nitrogen and oxygen atoms in total. The molecule has 0 aliphatic carbocycles. The lowest BCUT2D eigenvalue weighted by Crippen LogP contribution is -2.16. The van der Waals surface area contributed by atoms with E-state index in [9.17, 15) is 9.59 Å². The second-order valence-corrected chi connectivity index (χ2v) is 9.25. The molecular weight excluding hydrogens is 620 g/mol. The van der Waals surface area contributed by atoms with Gasteiger partial charge in [-0.25, -0.2) is 9.59 Å². The molecule has 0 radical (unpaired) electrons. The minimum Gasteiger partial charge on any atom is -0.460 e. The van der Waals surface area contributed by atoms with Gasteiger partial charge in [0.05, 0.1) is 130 Å². The number of esters is 2. The Bertz CT molecular complexity index is 926. The summed E-state index contributed by atoms with van der Waals surface area (Å²) in [6, 6.07) is 6.38. The van der Waals surface area contributed by atoms with E-state index in [0.29, 0.717) is 130 Å². The van der Waals surface area contributed by atoms with Crippen LogP contribution in [-0.4, -0.2) is 154 Å². The molecule has 0 aromatic carbocycles. The van der Waals surface area contributed by atoms with E-state index < -0.39 is 11.9 Å². The molecule has 2 aromatic heterocycles. The average molecular weight is 669 g/mol. The first-order valence-electron chi connectivity index (χ1n) is 15.6. The van der Waals surface area contributed by atoms with Gasteiger partial charge in [-0.05, 0) is 24.3 Å². The second kappa shape index (κ2) is 30.2. The van der Waals surface area contributed by atoms with Gasteiger partial charge in [-0.3, -0.25) is 9.97 Å². The minimum atomic E-state index is -0.401. The fourth-order valence-corrected chi connectivity index (χ4v) is 3.39. The van der Waals surface area contributed by atoms with Gasteiger partial charge in [0.25, 0.3) is 0 Å². The average Bonchev–Trinajstić information content (AvgIpc) is 3.11. The topological polar surface area (TPSA) is 161 Å². The van der Waals surface area contributed by atoms with E-state index in [-0.39, 0.29) is 13.2 Å². The van der Waals surface area contributed by atoms with Crippen molar-refractivity contribution < 1.29 is 61.7 Å². The SMILES string of the molecule is O=C(OCCOCCOCCOCCOCCOCCOCCOCCOCCOCCOC(=O)c1ccncc1)c1ccncc1. The number of nitrogens with zero attached hydrogens (tertiary/aromatic N) is 2. The van der Waals surface area contributed by atoms with Gasteiger partial charge in [0.2, 0.25) is 0 Å². The molecule has 15 heteroatoms. The maximum absolute atomic E-state index is 11.8. The Balaban J connectivity index is 1.16. The fraction of sp³-hybridized carbons (Fsp3) is 0.625. The lowest BCUT2D eigenvalue weighted by atomic mass is 10.3. The maximum Gasteiger partial charge on any atom is 0.338 e. The first-order chi connectivity index (χ1) is 23.3. The molecule has 0 aliphatic rings. The zero-order chi connectivity index (χ0) is 33.3. The number of hydrogen-bond acceptors (Lipinski definition) is 15. The molecule has 0 saturated carbocycles. The number of ether oxygens (including phenoxy) is 11. The number of pyridine rings is 2. The molecule has 264 valence electrons. The molecule has 47 heavy (non-hydrogen) atoms. The summed E-state index contributed by atoms with van der Waals surface area (Å²) in [5.41, 5.74) is 0.917. The highest BCUT2D eigenvalue weighted by Crippen LogP contribution is 2.00. The molecule has 0 amide bonds. The zero-order valence-corrected chi connectivity index (χ0v) is 27.0. The van der Waals surface area contributed by atoms with Crippen LogP contribution in [0.4, 0.5) is 0 Å². The highest BCUT2D eigenvalue weighted by atomic mass is 16.6. The molecule has 2 rings (SSSR count). The lowest BCUT2D eigenvalue weighted by molar-refractivity contribution is -0.0266. The van der Waals surface area contributed by atoms with Crippen molar-refractivity contribution in [3.63, 3.8) is 0 Å². The van der Waals surface area contributed by atoms with Crippen molar-refractivity contribution in [3.8, 4) is 0 Å². The van der Waals surface area contributed by atoms with Gasteiger partial charge in [0.1, 0.15) is 13.2 Å². The standard InChI is InChI=1S/C32H48N2O13/c35-31(29-1-5-33-6-2-29)46-27-25-44-23-21-42-19-17-40-15-13-38-11-9-37-10-12-39-14-16-41-18-20-43-22-24-45-26-28-47-32(36)30-3-7-34-8-4-30/h1-8H,9-28H2. The van der Waals surface area contributed by atoms with Gasteiger partial charge >= 0.3 is 11.9 Å². The second-order valence-electron chi connectivity index (χ2n) is 9.25. The van der Waals surface area contributed by atoms with Crippen LogP contribution in [0.3, 0.4) is 0 Å². The molecular formula is C32H48N2O13. The zero-order valence-electron chi connectivity index (χ0n) is 27.0. The van der Waals surface area contributed by atoms with Crippen LogP contribution in [0.2, 0.25) is 0 Å². The number of carbonyl (C=O) groups is 2. The summed E-state index contributed by atoms with van der Waals surface area (Å²) in [6.07, 6.45) is 6.15. The van der Waals surface area contributed by atoms with Gasteiger partial charge in [-0.15, -0.1) is 0 Å². The van der Waals surface area contributed by atoms with Crippen LogP contribution in [0.5, 0.6) is 0 Å². The first-order valence-corrected chi connectivity index (χ1v) is 15.6.